The maximum Gasteiger partial charge on any atom is 0.0594 e. The van der Waals surface area contributed by atoms with Gasteiger partial charge in [0.2, 0.25) is 0 Å². The van der Waals surface area contributed by atoms with Crippen LogP contribution in [-0.4, -0.2) is 48.5 Å². The molecule has 1 aliphatic heterocycles. The summed E-state index contributed by atoms with van der Waals surface area (Å²) in [6.45, 7) is 7.17. The summed E-state index contributed by atoms with van der Waals surface area (Å²) in [6, 6.07) is 6.23. The van der Waals surface area contributed by atoms with Gasteiger partial charge in [-0.1, -0.05) is 6.07 Å². The van der Waals surface area contributed by atoms with Crippen molar-refractivity contribution in [1.29, 1.82) is 0 Å². The van der Waals surface area contributed by atoms with Gasteiger partial charge >= 0.3 is 0 Å². The molecule has 0 aliphatic carbocycles. The number of ether oxygens (including phenoxy) is 1. The fourth-order valence-electron chi connectivity index (χ4n) is 1.88. The molecule has 0 bridgehead atoms. The van der Waals surface area contributed by atoms with Crippen molar-refractivity contribution in [2.24, 2.45) is 0 Å². The van der Waals surface area contributed by atoms with Gasteiger partial charge in [0.1, 0.15) is 0 Å². The van der Waals surface area contributed by atoms with Crippen LogP contribution in [0.5, 0.6) is 0 Å². The summed E-state index contributed by atoms with van der Waals surface area (Å²) in [5.74, 6) is 2.20. The predicted octanol–water partition coefficient (Wildman–Crippen LogP) is 1.96. The molecule has 2 heterocycles. The molecule has 4 heteroatoms. The second kappa shape index (κ2) is 6.99. The molecule has 0 atom stereocenters. The van der Waals surface area contributed by atoms with Crippen LogP contribution < -0.4 is 0 Å². The normalized spacial score (nSPS) is 17.2. The Labute approximate surface area is 108 Å². The molecule has 1 aromatic heterocycles. The van der Waals surface area contributed by atoms with Crippen molar-refractivity contribution in [2.45, 2.75) is 12.7 Å². The Morgan fingerprint density at radius 2 is 2.18 bits per heavy atom. The molecule has 1 aromatic rings. The van der Waals surface area contributed by atoms with Gasteiger partial charge in [0.25, 0.3) is 0 Å². The van der Waals surface area contributed by atoms with Crippen molar-refractivity contribution < 1.29 is 4.74 Å². The summed E-state index contributed by atoms with van der Waals surface area (Å²) in [7, 11) is 0. The van der Waals surface area contributed by atoms with Gasteiger partial charge in [-0.3, -0.25) is 9.88 Å². The van der Waals surface area contributed by atoms with Gasteiger partial charge in [-0.05, 0) is 19.1 Å². The minimum Gasteiger partial charge on any atom is -0.379 e. The molecule has 1 aliphatic rings. The molecule has 0 N–H and O–H groups in total. The van der Waals surface area contributed by atoms with Gasteiger partial charge in [0, 0.05) is 36.8 Å². The summed E-state index contributed by atoms with van der Waals surface area (Å²) >= 11 is 1.96. The second-order valence-electron chi connectivity index (χ2n) is 4.28. The molecule has 0 amide bonds. The number of pyridine rings is 1. The highest BCUT2D eigenvalue weighted by atomic mass is 32.2. The van der Waals surface area contributed by atoms with Crippen LogP contribution in [0.3, 0.4) is 0 Å². The molecule has 94 valence electrons. The first-order valence-electron chi connectivity index (χ1n) is 6.15. The fraction of sp³-hybridized carbons (Fsp3) is 0.615. The molecule has 0 unspecified atom stereocenters. The van der Waals surface area contributed by atoms with Crippen LogP contribution in [0.2, 0.25) is 0 Å². The number of aryl methyl sites for hydroxylation is 1. The lowest BCUT2D eigenvalue weighted by atomic mass is 10.3. The maximum absolute atomic E-state index is 5.33. The average Bonchev–Trinajstić information content (AvgIpc) is 2.36. The van der Waals surface area contributed by atoms with E-state index in [1.807, 2.05) is 24.8 Å². The highest BCUT2D eigenvalue weighted by Gasteiger charge is 2.09. The van der Waals surface area contributed by atoms with Gasteiger partial charge in [-0.2, -0.15) is 11.8 Å². The molecule has 1 fully saturated rings. The van der Waals surface area contributed by atoms with Crippen molar-refractivity contribution in [2.75, 3.05) is 38.6 Å². The SMILES string of the molecule is Cc1cccc(CSCCN2CCOCC2)n1. The van der Waals surface area contributed by atoms with Crippen molar-refractivity contribution in [1.82, 2.24) is 9.88 Å². The van der Waals surface area contributed by atoms with Gasteiger partial charge < -0.3 is 4.74 Å². The molecular weight excluding hydrogens is 232 g/mol. The Bertz CT molecular complexity index is 340. The minimum absolute atomic E-state index is 0.893. The lowest BCUT2D eigenvalue weighted by molar-refractivity contribution is 0.0410. The predicted molar refractivity (Wildman–Crippen MR) is 72.4 cm³/mol. The summed E-state index contributed by atoms with van der Waals surface area (Å²) in [5.41, 5.74) is 2.30. The molecule has 3 nitrogen and oxygen atoms in total. The highest BCUT2D eigenvalue weighted by Crippen LogP contribution is 2.11. The van der Waals surface area contributed by atoms with E-state index in [9.17, 15) is 0 Å². The lowest BCUT2D eigenvalue weighted by Crippen LogP contribution is -2.37. The van der Waals surface area contributed by atoms with E-state index >= 15 is 0 Å². The molecule has 2 rings (SSSR count). The van der Waals surface area contributed by atoms with Crippen molar-refractivity contribution in [3.63, 3.8) is 0 Å². The highest BCUT2D eigenvalue weighted by molar-refractivity contribution is 7.98. The standard InChI is InChI=1S/C13H20N2OS/c1-12-3-2-4-13(14-12)11-17-10-7-15-5-8-16-9-6-15/h2-4H,5-11H2,1H3. The summed E-state index contributed by atoms with van der Waals surface area (Å²) in [6.07, 6.45) is 0. The Hall–Kier alpha value is -0.580. The van der Waals surface area contributed by atoms with Gasteiger partial charge in [0.15, 0.2) is 0 Å². The molecule has 17 heavy (non-hydrogen) atoms. The van der Waals surface area contributed by atoms with Crippen LogP contribution >= 0.6 is 11.8 Å². The first-order valence-corrected chi connectivity index (χ1v) is 7.30. The zero-order chi connectivity index (χ0) is 11.9. The van der Waals surface area contributed by atoms with E-state index in [0.717, 1.165) is 37.8 Å². The van der Waals surface area contributed by atoms with Crippen LogP contribution in [0.4, 0.5) is 0 Å². The molecule has 0 radical (unpaired) electrons. The largest absolute Gasteiger partial charge is 0.379 e. The third-order valence-corrected chi connectivity index (χ3v) is 3.82. The first-order chi connectivity index (χ1) is 8.34. The average molecular weight is 252 g/mol. The van der Waals surface area contributed by atoms with Gasteiger partial charge in [-0.25, -0.2) is 0 Å². The Morgan fingerprint density at radius 1 is 1.35 bits per heavy atom. The number of hydrogen-bond acceptors (Lipinski definition) is 4. The number of nitrogens with zero attached hydrogens (tertiary/aromatic N) is 2. The quantitative estimate of drug-likeness (QED) is 0.748. The summed E-state index contributed by atoms with van der Waals surface area (Å²) in [5, 5.41) is 0. The maximum atomic E-state index is 5.33. The topological polar surface area (TPSA) is 25.4 Å². The summed E-state index contributed by atoms with van der Waals surface area (Å²) < 4.78 is 5.33. The number of thioether (sulfide) groups is 1. The van der Waals surface area contributed by atoms with E-state index in [4.69, 9.17) is 4.74 Å². The van der Waals surface area contributed by atoms with Crippen LogP contribution in [-0.2, 0) is 10.5 Å². The van der Waals surface area contributed by atoms with Crippen LogP contribution in [0, 0.1) is 6.92 Å². The number of morpholine rings is 1. The van der Waals surface area contributed by atoms with Crippen LogP contribution in [0.1, 0.15) is 11.4 Å². The summed E-state index contributed by atoms with van der Waals surface area (Å²) in [4.78, 5) is 6.98. The molecular formula is C13H20N2OS. The first kappa shape index (κ1) is 12.9. The third kappa shape index (κ3) is 4.66. The van der Waals surface area contributed by atoms with Gasteiger partial charge in [-0.15, -0.1) is 0 Å². The molecule has 0 aromatic carbocycles. The lowest BCUT2D eigenvalue weighted by Gasteiger charge is -2.26. The zero-order valence-corrected chi connectivity index (χ0v) is 11.2. The second-order valence-corrected chi connectivity index (χ2v) is 5.38. The Morgan fingerprint density at radius 3 is 2.94 bits per heavy atom. The Kier molecular flexibility index (Phi) is 5.29. The van der Waals surface area contributed by atoms with Crippen molar-refractivity contribution in [3.05, 3.63) is 29.6 Å². The monoisotopic (exact) mass is 252 g/mol. The number of aromatic nitrogens is 1. The van der Waals surface area contributed by atoms with E-state index in [1.54, 1.807) is 0 Å². The smallest absolute Gasteiger partial charge is 0.0594 e. The third-order valence-electron chi connectivity index (χ3n) is 2.85. The number of hydrogen-bond donors (Lipinski definition) is 0. The molecule has 1 saturated heterocycles. The minimum atomic E-state index is 0.893. The van der Waals surface area contributed by atoms with E-state index < -0.39 is 0 Å². The zero-order valence-electron chi connectivity index (χ0n) is 10.4. The fourth-order valence-corrected chi connectivity index (χ4v) is 2.78. The number of rotatable bonds is 5. The van der Waals surface area contributed by atoms with Gasteiger partial charge in [0.05, 0.1) is 18.9 Å². The van der Waals surface area contributed by atoms with E-state index in [1.165, 1.54) is 18.0 Å². The van der Waals surface area contributed by atoms with E-state index in [0.29, 0.717) is 0 Å². The van der Waals surface area contributed by atoms with E-state index in [-0.39, 0.29) is 0 Å². The Balaban J connectivity index is 1.62. The van der Waals surface area contributed by atoms with Crippen LogP contribution in [0.15, 0.2) is 18.2 Å². The van der Waals surface area contributed by atoms with Crippen LogP contribution in [0.25, 0.3) is 0 Å². The van der Waals surface area contributed by atoms with Crippen molar-refractivity contribution in [3.8, 4) is 0 Å². The van der Waals surface area contributed by atoms with E-state index in [2.05, 4.69) is 22.0 Å². The van der Waals surface area contributed by atoms with Crippen molar-refractivity contribution >= 4 is 11.8 Å². The molecule has 0 spiro atoms. The molecule has 0 saturated carbocycles.